The van der Waals surface area contributed by atoms with Crippen molar-refractivity contribution >= 4 is 11.8 Å². The molecule has 2 N–H and O–H groups in total. The van der Waals surface area contributed by atoms with Gasteiger partial charge in [-0.05, 0) is 19.9 Å². The van der Waals surface area contributed by atoms with Gasteiger partial charge >= 0.3 is 0 Å². The molecule has 0 spiro atoms. The lowest BCUT2D eigenvalue weighted by atomic mass is 10.1. The number of benzene rings is 1. The molecule has 2 rings (SSSR count). The van der Waals surface area contributed by atoms with Gasteiger partial charge in [-0.15, -0.1) is 0 Å². The topological polar surface area (TPSA) is 70.7 Å². The first kappa shape index (κ1) is 17.3. The van der Waals surface area contributed by atoms with Crippen LogP contribution in [0.25, 0.3) is 0 Å². The number of nitrogens with one attached hydrogen (secondary N) is 2. The third-order valence-corrected chi connectivity index (χ3v) is 3.84. The smallest absolute Gasteiger partial charge is 0.237 e. The summed E-state index contributed by atoms with van der Waals surface area (Å²) in [6.07, 6.45) is 0.166. The number of methoxy groups -OCH3 is 1. The normalized spacial score (nSPS) is 18.6. The van der Waals surface area contributed by atoms with Gasteiger partial charge in [-0.2, -0.15) is 0 Å². The van der Waals surface area contributed by atoms with Gasteiger partial charge < -0.3 is 15.4 Å². The Labute approximate surface area is 137 Å². The Kier molecular flexibility index (Phi) is 5.98. The van der Waals surface area contributed by atoms with Crippen LogP contribution < -0.4 is 15.4 Å². The number of rotatable bonds is 6. The van der Waals surface area contributed by atoms with Gasteiger partial charge in [0.25, 0.3) is 0 Å². The summed E-state index contributed by atoms with van der Waals surface area (Å²) >= 11 is 0. The number of hydrogen-bond acceptors (Lipinski definition) is 4. The fourth-order valence-electron chi connectivity index (χ4n) is 2.78. The maximum Gasteiger partial charge on any atom is 0.237 e. The molecule has 1 aromatic carbocycles. The molecule has 1 unspecified atom stereocenters. The summed E-state index contributed by atoms with van der Waals surface area (Å²) in [5.41, 5.74) is 1.01. The highest BCUT2D eigenvalue weighted by molar-refractivity contribution is 5.88. The fourth-order valence-corrected chi connectivity index (χ4v) is 2.78. The first-order valence-electron chi connectivity index (χ1n) is 7.94. The second-order valence-electron chi connectivity index (χ2n) is 6.02. The third kappa shape index (κ3) is 4.69. The summed E-state index contributed by atoms with van der Waals surface area (Å²) < 4.78 is 5.38. The van der Waals surface area contributed by atoms with Crippen molar-refractivity contribution in [2.24, 2.45) is 0 Å². The summed E-state index contributed by atoms with van der Waals surface area (Å²) in [7, 11) is 1.63. The van der Waals surface area contributed by atoms with Crippen LogP contribution in [-0.4, -0.2) is 49.0 Å². The second kappa shape index (κ2) is 7.97. The molecule has 126 valence electrons. The van der Waals surface area contributed by atoms with Gasteiger partial charge in [-0.3, -0.25) is 14.5 Å². The molecular formula is C17H25N3O3. The summed E-state index contributed by atoms with van der Waals surface area (Å²) in [5.74, 6) is 0.598. The Morgan fingerprint density at radius 2 is 2.17 bits per heavy atom. The molecule has 1 aliphatic rings. The predicted molar refractivity (Wildman–Crippen MR) is 88.1 cm³/mol. The van der Waals surface area contributed by atoms with Gasteiger partial charge in [0.2, 0.25) is 11.8 Å². The number of nitrogens with zero attached hydrogens (tertiary/aromatic N) is 1. The van der Waals surface area contributed by atoms with E-state index in [9.17, 15) is 9.59 Å². The minimum atomic E-state index is -0.451. The van der Waals surface area contributed by atoms with E-state index in [-0.39, 0.29) is 24.3 Å². The van der Waals surface area contributed by atoms with Crippen LogP contribution in [0.5, 0.6) is 5.75 Å². The minimum absolute atomic E-state index is 0.0665. The minimum Gasteiger partial charge on any atom is -0.496 e. The summed E-state index contributed by atoms with van der Waals surface area (Å²) in [6.45, 7) is 5.70. The van der Waals surface area contributed by atoms with Crippen molar-refractivity contribution in [1.29, 1.82) is 0 Å². The standard InChI is InChI=1S/C17H25N3O3/c1-12(2)19-16(21)10-14-17(22)18-8-9-20(14)11-13-6-4-5-7-15(13)23-3/h4-7,12,14H,8-11H2,1-3H3,(H,18,22)(H,19,21). The molecule has 0 bridgehead atoms. The molecule has 1 saturated heterocycles. The monoisotopic (exact) mass is 319 g/mol. The molecule has 0 aromatic heterocycles. The van der Waals surface area contributed by atoms with Crippen molar-refractivity contribution in [1.82, 2.24) is 15.5 Å². The largest absolute Gasteiger partial charge is 0.496 e. The summed E-state index contributed by atoms with van der Waals surface area (Å²) in [6, 6.07) is 7.36. The van der Waals surface area contributed by atoms with Crippen LogP contribution in [-0.2, 0) is 16.1 Å². The highest BCUT2D eigenvalue weighted by Crippen LogP contribution is 2.21. The van der Waals surface area contributed by atoms with Crippen molar-refractivity contribution in [3.8, 4) is 5.75 Å². The molecule has 2 amide bonds. The van der Waals surface area contributed by atoms with E-state index >= 15 is 0 Å². The van der Waals surface area contributed by atoms with Gasteiger partial charge in [-0.1, -0.05) is 18.2 Å². The zero-order valence-electron chi connectivity index (χ0n) is 14.0. The molecule has 23 heavy (non-hydrogen) atoms. The van der Waals surface area contributed by atoms with Gasteiger partial charge in [0.05, 0.1) is 19.6 Å². The molecular weight excluding hydrogens is 294 g/mol. The van der Waals surface area contributed by atoms with E-state index in [0.717, 1.165) is 11.3 Å². The molecule has 1 atom stereocenters. The van der Waals surface area contributed by atoms with Gasteiger partial charge in [0.15, 0.2) is 0 Å². The predicted octanol–water partition coefficient (Wildman–Crippen LogP) is 0.910. The molecule has 0 aliphatic carbocycles. The van der Waals surface area contributed by atoms with Crippen LogP contribution in [0.3, 0.4) is 0 Å². The van der Waals surface area contributed by atoms with E-state index in [1.807, 2.05) is 43.0 Å². The molecule has 1 aliphatic heterocycles. The van der Waals surface area contributed by atoms with E-state index in [0.29, 0.717) is 19.6 Å². The number of para-hydroxylation sites is 1. The summed E-state index contributed by atoms with van der Waals surface area (Å²) in [5, 5.41) is 5.69. The molecule has 1 fully saturated rings. The van der Waals surface area contributed by atoms with Crippen LogP contribution >= 0.6 is 0 Å². The van der Waals surface area contributed by atoms with E-state index in [2.05, 4.69) is 10.6 Å². The SMILES string of the molecule is COc1ccccc1CN1CCNC(=O)C1CC(=O)NC(C)C. The van der Waals surface area contributed by atoms with Gasteiger partial charge in [0, 0.05) is 31.2 Å². The second-order valence-corrected chi connectivity index (χ2v) is 6.02. The van der Waals surface area contributed by atoms with Gasteiger partial charge in [0.1, 0.15) is 5.75 Å². The van der Waals surface area contributed by atoms with E-state index in [1.54, 1.807) is 7.11 Å². The van der Waals surface area contributed by atoms with Crippen LogP contribution in [0, 0.1) is 0 Å². The maximum atomic E-state index is 12.2. The van der Waals surface area contributed by atoms with Crippen LogP contribution in [0.4, 0.5) is 0 Å². The Morgan fingerprint density at radius 1 is 1.43 bits per heavy atom. The Balaban J connectivity index is 2.10. The lowest BCUT2D eigenvalue weighted by Gasteiger charge is -2.35. The first-order valence-corrected chi connectivity index (χ1v) is 7.94. The Hall–Kier alpha value is -2.08. The molecule has 0 radical (unpaired) electrons. The third-order valence-electron chi connectivity index (χ3n) is 3.84. The number of ether oxygens (including phenoxy) is 1. The lowest BCUT2D eigenvalue weighted by Crippen LogP contribution is -2.56. The van der Waals surface area contributed by atoms with Crippen molar-refractivity contribution < 1.29 is 14.3 Å². The Morgan fingerprint density at radius 3 is 2.87 bits per heavy atom. The number of carbonyl (C=O) groups excluding carboxylic acids is 2. The van der Waals surface area contributed by atoms with Crippen molar-refractivity contribution in [3.05, 3.63) is 29.8 Å². The first-order chi connectivity index (χ1) is 11.0. The molecule has 0 saturated carbocycles. The van der Waals surface area contributed by atoms with Crippen LogP contribution in [0.1, 0.15) is 25.8 Å². The highest BCUT2D eigenvalue weighted by Gasteiger charge is 2.32. The molecule has 6 heteroatoms. The number of piperazine rings is 1. The average Bonchev–Trinajstić information content (AvgIpc) is 2.50. The molecule has 1 heterocycles. The molecule has 6 nitrogen and oxygen atoms in total. The summed E-state index contributed by atoms with van der Waals surface area (Å²) in [4.78, 5) is 26.3. The highest BCUT2D eigenvalue weighted by atomic mass is 16.5. The van der Waals surface area contributed by atoms with E-state index < -0.39 is 6.04 Å². The number of carbonyl (C=O) groups is 2. The number of hydrogen-bond donors (Lipinski definition) is 2. The van der Waals surface area contributed by atoms with E-state index in [4.69, 9.17) is 4.74 Å². The van der Waals surface area contributed by atoms with E-state index in [1.165, 1.54) is 0 Å². The van der Waals surface area contributed by atoms with Crippen molar-refractivity contribution in [2.75, 3.05) is 20.2 Å². The fraction of sp³-hybridized carbons (Fsp3) is 0.529. The lowest BCUT2D eigenvalue weighted by molar-refractivity contribution is -0.134. The zero-order chi connectivity index (χ0) is 16.8. The maximum absolute atomic E-state index is 12.2. The van der Waals surface area contributed by atoms with Gasteiger partial charge in [-0.25, -0.2) is 0 Å². The van der Waals surface area contributed by atoms with Crippen LogP contribution in [0.15, 0.2) is 24.3 Å². The Bertz CT molecular complexity index is 560. The van der Waals surface area contributed by atoms with Crippen molar-refractivity contribution in [2.45, 2.75) is 38.9 Å². The molecule has 1 aromatic rings. The zero-order valence-corrected chi connectivity index (χ0v) is 14.0. The quantitative estimate of drug-likeness (QED) is 0.818. The van der Waals surface area contributed by atoms with Crippen molar-refractivity contribution in [3.63, 3.8) is 0 Å². The van der Waals surface area contributed by atoms with Crippen LogP contribution in [0.2, 0.25) is 0 Å². The number of amides is 2. The average molecular weight is 319 g/mol.